The number of aromatic nitrogens is 2. The molecule has 4 heterocycles. The van der Waals surface area contributed by atoms with Gasteiger partial charge in [-0.2, -0.15) is 0 Å². The highest BCUT2D eigenvalue weighted by molar-refractivity contribution is 7.00. The van der Waals surface area contributed by atoms with Gasteiger partial charge in [-0.3, -0.25) is 4.79 Å². The predicted molar refractivity (Wildman–Crippen MR) is 240 cm³/mol. The Balaban J connectivity index is 1.25. The van der Waals surface area contributed by atoms with Crippen molar-refractivity contribution in [3.63, 3.8) is 0 Å². The summed E-state index contributed by atoms with van der Waals surface area (Å²) >= 11 is 0. The summed E-state index contributed by atoms with van der Waals surface area (Å²) < 4.78 is 10.6. The molecule has 2 aromatic heterocycles. The van der Waals surface area contributed by atoms with Crippen molar-refractivity contribution in [2.45, 2.75) is 52.4 Å². The molecular formula is C52H43BN2O2. The molecule has 0 unspecified atom stereocenters. The van der Waals surface area contributed by atoms with Gasteiger partial charge in [0.1, 0.15) is 12.0 Å². The van der Waals surface area contributed by atoms with Gasteiger partial charge in [-0.25, -0.2) is 0 Å². The zero-order valence-electron chi connectivity index (χ0n) is 33.5. The van der Waals surface area contributed by atoms with Gasteiger partial charge in [-0.05, 0) is 121 Å². The Hall–Kier alpha value is -6.33. The summed E-state index contributed by atoms with van der Waals surface area (Å²) in [4.78, 5) is 11.5. The third-order valence-electron chi connectivity index (χ3n) is 12.8. The Labute approximate surface area is 333 Å². The average Bonchev–Trinajstić information content (AvgIpc) is 3.73. The van der Waals surface area contributed by atoms with Crippen molar-refractivity contribution in [1.29, 1.82) is 0 Å². The first-order chi connectivity index (χ1) is 27.4. The molecule has 0 radical (unpaired) electrons. The Morgan fingerprint density at radius 1 is 0.526 bits per heavy atom. The van der Waals surface area contributed by atoms with Crippen LogP contribution >= 0.6 is 0 Å². The minimum Gasteiger partial charge on any atom is -0.497 e. The molecule has 0 amide bonds. The van der Waals surface area contributed by atoms with Crippen LogP contribution in [0.25, 0.3) is 77.2 Å². The maximum Gasteiger partial charge on any atom is 0.252 e. The largest absolute Gasteiger partial charge is 0.497 e. The molecule has 0 atom stereocenters. The highest BCUT2D eigenvalue weighted by Crippen LogP contribution is 2.43. The molecule has 276 valence electrons. The van der Waals surface area contributed by atoms with Crippen LogP contribution in [0, 0.1) is 0 Å². The van der Waals surface area contributed by atoms with Crippen molar-refractivity contribution in [2.24, 2.45) is 0 Å². The number of ether oxygens (including phenoxy) is 1. The smallest absolute Gasteiger partial charge is 0.252 e. The van der Waals surface area contributed by atoms with E-state index in [0.717, 1.165) is 23.2 Å². The Bertz CT molecular complexity index is 3190. The number of aldehydes is 1. The first-order valence-corrected chi connectivity index (χ1v) is 20.0. The van der Waals surface area contributed by atoms with Crippen molar-refractivity contribution in [3.05, 3.63) is 144 Å². The summed E-state index contributed by atoms with van der Waals surface area (Å²) in [6.45, 7) is 14.1. The second-order valence-corrected chi connectivity index (χ2v) is 18.2. The van der Waals surface area contributed by atoms with E-state index in [-0.39, 0.29) is 17.5 Å². The summed E-state index contributed by atoms with van der Waals surface area (Å²) in [6.07, 6.45) is 0.907. The van der Waals surface area contributed by atoms with Crippen molar-refractivity contribution >= 4 is 73.0 Å². The molecule has 9 aromatic rings. The lowest BCUT2D eigenvalue weighted by Gasteiger charge is -2.35. The normalized spacial score (nSPS) is 13.2. The third kappa shape index (κ3) is 4.78. The summed E-state index contributed by atoms with van der Waals surface area (Å²) in [5.74, 6) is 0.861. The third-order valence-corrected chi connectivity index (χ3v) is 12.8. The molecule has 7 aromatic carbocycles. The predicted octanol–water partition coefficient (Wildman–Crippen LogP) is 10.8. The van der Waals surface area contributed by atoms with Crippen molar-refractivity contribution in [2.75, 3.05) is 7.11 Å². The number of carbonyl (C=O) groups excluding carboxylic acids is 1. The summed E-state index contributed by atoms with van der Waals surface area (Å²) in [7, 11) is 1.72. The zero-order valence-corrected chi connectivity index (χ0v) is 33.5. The van der Waals surface area contributed by atoms with E-state index < -0.39 is 0 Å². The monoisotopic (exact) mass is 738 g/mol. The Kier molecular flexibility index (Phi) is 6.92. The van der Waals surface area contributed by atoms with Gasteiger partial charge in [0, 0.05) is 49.5 Å². The Morgan fingerprint density at radius 2 is 0.982 bits per heavy atom. The van der Waals surface area contributed by atoms with Gasteiger partial charge in [0.15, 0.2) is 0 Å². The zero-order chi connectivity index (χ0) is 39.1. The molecule has 0 aliphatic carbocycles. The fraction of sp³-hybridized carbons (Fsp3) is 0.173. The second kappa shape index (κ2) is 11.6. The number of fused-ring (bicyclic) bond motifs is 10. The molecule has 4 nitrogen and oxygen atoms in total. The molecular weight excluding hydrogens is 695 g/mol. The van der Waals surface area contributed by atoms with E-state index in [9.17, 15) is 4.79 Å². The van der Waals surface area contributed by atoms with E-state index in [4.69, 9.17) is 4.74 Å². The van der Waals surface area contributed by atoms with Gasteiger partial charge in [0.25, 0.3) is 6.71 Å². The SMILES string of the molecule is COc1ccc(-c2ccc3c(c2)c2cc(C(C)(C)C)cc4c2n3-c2cccc3c2B4c2cc(C(C)(C)C)cc4c5cc(-c6ccc(C=O)cc6)ccc5n-3c24)cc1. The lowest BCUT2D eigenvalue weighted by atomic mass is 9.34. The first kappa shape index (κ1) is 34.0. The number of benzene rings is 7. The molecule has 11 rings (SSSR count). The highest BCUT2D eigenvalue weighted by Gasteiger charge is 2.42. The van der Waals surface area contributed by atoms with Crippen LogP contribution < -0.4 is 21.1 Å². The summed E-state index contributed by atoms with van der Waals surface area (Å²) in [5.41, 5.74) is 19.5. The number of hydrogen-bond donors (Lipinski definition) is 0. The fourth-order valence-corrected chi connectivity index (χ4v) is 9.77. The molecule has 57 heavy (non-hydrogen) atoms. The van der Waals surface area contributed by atoms with Gasteiger partial charge in [-0.1, -0.05) is 108 Å². The first-order valence-electron chi connectivity index (χ1n) is 20.0. The van der Waals surface area contributed by atoms with Gasteiger partial charge in [0.2, 0.25) is 0 Å². The van der Waals surface area contributed by atoms with Crippen molar-refractivity contribution in [3.8, 4) is 39.4 Å². The van der Waals surface area contributed by atoms with Crippen LogP contribution in [0.1, 0.15) is 63.0 Å². The molecule has 0 spiro atoms. The molecule has 0 saturated carbocycles. The maximum absolute atomic E-state index is 11.5. The highest BCUT2D eigenvalue weighted by atomic mass is 16.5. The van der Waals surface area contributed by atoms with E-state index in [0.29, 0.717) is 5.56 Å². The van der Waals surface area contributed by atoms with Crippen molar-refractivity contribution in [1.82, 2.24) is 9.13 Å². The van der Waals surface area contributed by atoms with Crippen LogP contribution in [-0.2, 0) is 10.8 Å². The van der Waals surface area contributed by atoms with Crippen LogP contribution in [0.3, 0.4) is 0 Å². The minimum atomic E-state index is -0.0643. The molecule has 0 saturated heterocycles. The molecule has 2 aliphatic heterocycles. The number of hydrogen-bond acceptors (Lipinski definition) is 2. The molecule has 2 aliphatic rings. The molecule has 0 fully saturated rings. The number of carbonyl (C=O) groups is 1. The lowest BCUT2D eigenvalue weighted by molar-refractivity contribution is 0.112. The van der Waals surface area contributed by atoms with Crippen LogP contribution in [0.4, 0.5) is 0 Å². The maximum atomic E-state index is 11.5. The molecule has 5 heteroatoms. The van der Waals surface area contributed by atoms with Crippen LogP contribution in [0.15, 0.2) is 127 Å². The fourth-order valence-electron chi connectivity index (χ4n) is 9.77. The number of rotatable bonds is 4. The number of nitrogens with zero attached hydrogens (tertiary/aromatic N) is 2. The van der Waals surface area contributed by atoms with Gasteiger partial charge < -0.3 is 13.9 Å². The Morgan fingerprint density at radius 3 is 1.42 bits per heavy atom. The summed E-state index contributed by atoms with van der Waals surface area (Å²) in [6, 6.07) is 47.1. The lowest BCUT2D eigenvalue weighted by Crippen LogP contribution is -2.59. The van der Waals surface area contributed by atoms with Crippen molar-refractivity contribution < 1.29 is 9.53 Å². The average molecular weight is 739 g/mol. The molecule has 0 bridgehead atoms. The number of methoxy groups -OCH3 is 1. The quantitative estimate of drug-likeness (QED) is 0.133. The van der Waals surface area contributed by atoms with Crippen LogP contribution in [0.5, 0.6) is 5.75 Å². The van der Waals surface area contributed by atoms with E-state index in [1.165, 1.54) is 93.6 Å². The van der Waals surface area contributed by atoms with E-state index in [1.54, 1.807) is 7.11 Å². The summed E-state index contributed by atoms with van der Waals surface area (Å²) in [5, 5.41) is 5.11. The van der Waals surface area contributed by atoms with E-state index in [2.05, 4.69) is 154 Å². The van der Waals surface area contributed by atoms with E-state index >= 15 is 0 Å². The minimum absolute atomic E-state index is 0.0517. The van der Waals surface area contributed by atoms with Gasteiger partial charge in [0.05, 0.1) is 18.1 Å². The van der Waals surface area contributed by atoms with Crippen LogP contribution in [0.2, 0.25) is 0 Å². The van der Waals surface area contributed by atoms with E-state index in [1.807, 2.05) is 24.3 Å². The second-order valence-electron chi connectivity index (χ2n) is 18.2. The van der Waals surface area contributed by atoms with Crippen LogP contribution in [-0.4, -0.2) is 29.2 Å². The standard InChI is InChI=1S/C52H43BN2O2/c1-51(2,3)35-25-40-38-23-33(31-13-11-30(29-56)12-14-31)17-21-44(38)54-46-9-8-10-47-48(46)53(42(27-35)49(40)54)43-28-36(52(4,5)6)26-41-39-24-34(18-22-45(39)55(47)50(41)43)32-15-19-37(57-7)20-16-32/h8-29H,1-7H3. The van der Waals surface area contributed by atoms with Gasteiger partial charge >= 0.3 is 0 Å². The molecule has 0 N–H and O–H groups in total. The van der Waals surface area contributed by atoms with Gasteiger partial charge in [-0.15, -0.1) is 0 Å². The topological polar surface area (TPSA) is 36.2 Å².